The quantitative estimate of drug-likeness (QED) is 0.842. The van der Waals surface area contributed by atoms with Crippen molar-refractivity contribution in [1.29, 1.82) is 0 Å². The van der Waals surface area contributed by atoms with Crippen molar-refractivity contribution in [3.8, 4) is 11.5 Å². The molecule has 0 spiro atoms. The van der Waals surface area contributed by atoms with Crippen LogP contribution < -0.4 is 9.47 Å². The summed E-state index contributed by atoms with van der Waals surface area (Å²) in [5.74, 6) is 0.983. The van der Waals surface area contributed by atoms with E-state index in [-0.39, 0.29) is 4.90 Å². The maximum absolute atomic E-state index is 12.8. The molecule has 118 valence electrons. The highest BCUT2D eigenvalue weighted by atomic mass is 32.2. The summed E-state index contributed by atoms with van der Waals surface area (Å²) in [6.45, 7) is 3.42. The van der Waals surface area contributed by atoms with Gasteiger partial charge in [-0.2, -0.15) is 4.31 Å². The number of ether oxygens (including phenoxy) is 2. The Bertz CT molecular complexity index is 571. The third-order valence-corrected chi connectivity index (χ3v) is 5.69. The molecular formula is C15H23NO4S. The Hall–Kier alpha value is -1.27. The first-order valence-electron chi connectivity index (χ1n) is 7.40. The summed E-state index contributed by atoms with van der Waals surface area (Å²) in [5, 5.41) is 0. The van der Waals surface area contributed by atoms with Crippen molar-refractivity contribution in [2.45, 2.75) is 37.5 Å². The highest BCUT2D eigenvalue weighted by Crippen LogP contribution is 2.31. The van der Waals surface area contributed by atoms with E-state index in [0.29, 0.717) is 31.2 Å². The minimum absolute atomic E-state index is 0.229. The summed E-state index contributed by atoms with van der Waals surface area (Å²) < 4.78 is 38.0. The lowest BCUT2D eigenvalue weighted by molar-refractivity contribution is 0.295. The average molecular weight is 313 g/mol. The van der Waals surface area contributed by atoms with Gasteiger partial charge in [0, 0.05) is 19.2 Å². The molecule has 0 amide bonds. The fraction of sp³-hybridized carbons (Fsp3) is 0.600. The molecule has 6 heteroatoms. The summed E-state index contributed by atoms with van der Waals surface area (Å²) in [6, 6.07) is 4.88. The van der Waals surface area contributed by atoms with Crippen LogP contribution in [-0.2, 0) is 10.0 Å². The van der Waals surface area contributed by atoms with Gasteiger partial charge < -0.3 is 9.47 Å². The summed E-state index contributed by atoms with van der Waals surface area (Å²) in [6.07, 6.45) is 3.90. The predicted molar refractivity (Wildman–Crippen MR) is 81.4 cm³/mol. The van der Waals surface area contributed by atoms with E-state index < -0.39 is 10.0 Å². The van der Waals surface area contributed by atoms with Crippen molar-refractivity contribution in [2.75, 3.05) is 26.8 Å². The molecule has 2 rings (SSSR count). The van der Waals surface area contributed by atoms with E-state index in [1.54, 1.807) is 25.3 Å². The van der Waals surface area contributed by atoms with Crippen LogP contribution in [0, 0.1) is 0 Å². The van der Waals surface area contributed by atoms with E-state index in [1.807, 2.05) is 6.92 Å². The Balaban J connectivity index is 2.46. The van der Waals surface area contributed by atoms with Crippen molar-refractivity contribution in [1.82, 2.24) is 4.31 Å². The molecule has 0 bridgehead atoms. The molecule has 1 heterocycles. The largest absolute Gasteiger partial charge is 0.497 e. The van der Waals surface area contributed by atoms with Crippen LogP contribution in [0.25, 0.3) is 0 Å². The van der Waals surface area contributed by atoms with Crippen LogP contribution in [0.3, 0.4) is 0 Å². The fourth-order valence-corrected chi connectivity index (χ4v) is 4.05. The minimum Gasteiger partial charge on any atom is -0.497 e. The first-order chi connectivity index (χ1) is 10.1. The Morgan fingerprint density at radius 1 is 1.24 bits per heavy atom. The van der Waals surface area contributed by atoms with Gasteiger partial charge in [-0.3, -0.25) is 0 Å². The molecular weight excluding hydrogens is 290 g/mol. The van der Waals surface area contributed by atoms with Crippen molar-refractivity contribution in [2.24, 2.45) is 0 Å². The number of hydrogen-bond acceptors (Lipinski definition) is 4. The maximum atomic E-state index is 12.8. The van der Waals surface area contributed by atoms with Crippen LogP contribution in [0.5, 0.6) is 11.5 Å². The van der Waals surface area contributed by atoms with Crippen molar-refractivity contribution in [3.05, 3.63) is 18.2 Å². The lowest BCUT2D eigenvalue weighted by Gasteiger charge is -2.21. The molecule has 0 saturated carbocycles. The Labute approximate surface area is 126 Å². The van der Waals surface area contributed by atoms with Gasteiger partial charge in [0.1, 0.15) is 16.4 Å². The van der Waals surface area contributed by atoms with Crippen LogP contribution in [0.1, 0.15) is 32.6 Å². The zero-order valence-corrected chi connectivity index (χ0v) is 13.5. The molecule has 21 heavy (non-hydrogen) atoms. The molecule has 0 saturated heterocycles. The molecule has 1 aromatic carbocycles. The topological polar surface area (TPSA) is 55.8 Å². The number of nitrogens with zero attached hydrogens (tertiary/aromatic N) is 1. The van der Waals surface area contributed by atoms with E-state index in [2.05, 4.69) is 0 Å². The van der Waals surface area contributed by atoms with Gasteiger partial charge in [0.2, 0.25) is 10.0 Å². The molecule has 1 aromatic rings. The number of sulfonamides is 1. The van der Waals surface area contributed by atoms with Gasteiger partial charge in [-0.1, -0.05) is 19.8 Å². The summed E-state index contributed by atoms with van der Waals surface area (Å²) in [7, 11) is -1.97. The van der Waals surface area contributed by atoms with E-state index in [1.165, 1.54) is 4.31 Å². The maximum Gasteiger partial charge on any atom is 0.246 e. The van der Waals surface area contributed by atoms with Crippen LogP contribution >= 0.6 is 0 Å². The minimum atomic E-state index is -3.52. The summed E-state index contributed by atoms with van der Waals surface area (Å²) >= 11 is 0. The van der Waals surface area contributed by atoms with E-state index >= 15 is 0 Å². The number of rotatable bonds is 2. The van der Waals surface area contributed by atoms with Crippen molar-refractivity contribution in [3.63, 3.8) is 0 Å². The summed E-state index contributed by atoms with van der Waals surface area (Å²) in [5.41, 5.74) is 0. The molecule has 0 unspecified atom stereocenters. The van der Waals surface area contributed by atoms with Gasteiger partial charge in [-0.25, -0.2) is 8.42 Å². The molecule has 0 aromatic heterocycles. The third kappa shape index (κ3) is 3.68. The molecule has 1 aliphatic heterocycles. The Morgan fingerprint density at radius 2 is 2.00 bits per heavy atom. The average Bonchev–Trinajstić information content (AvgIpc) is 2.51. The van der Waals surface area contributed by atoms with Gasteiger partial charge in [-0.05, 0) is 25.0 Å². The van der Waals surface area contributed by atoms with Gasteiger partial charge in [0.15, 0.2) is 0 Å². The second-order valence-corrected chi connectivity index (χ2v) is 6.98. The lowest BCUT2D eigenvalue weighted by Crippen LogP contribution is -2.32. The molecule has 0 radical (unpaired) electrons. The zero-order valence-electron chi connectivity index (χ0n) is 12.7. The molecule has 5 nitrogen and oxygen atoms in total. The highest BCUT2D eigenvalue weighted by Gasteiger charge is 2.27. The van der Waals surface area contributed by atoms with Gasteiger partial charge in [0.25, 0.3) is 0 Å². The van der Waals surface area contributed by atoms with Gasteiger partial charge >= 0.3 is 0 Å². The SMILES string of the molecule is CCN1CCCCCCOc2cc(OC)ccc2S1(=O)=O. The number of benzene rings is 1. The Morgan fingerprint density at radius 3 is 2.71 bits per heavy atom. The van der Waals surface area contributed by atoms with E-state index in [4.69, 9.17) is 9.47 Å². The Kier molecular flexibility index (Phi) is 5.47. The van der Waals surface area contributed by atoms with E-state index in [9.17, 15) is 8.42 Å². The van der Waals surface area contributed by atoms with Gasteiger partial charge in [-0.15, -0.1) is 0 Å². The smallest absolute Gasteiger partial charge is 0.246 e. The zero-order chi connectivity index (χ0) is 15.3. The van der Waals surface area contributed by atoms with Crippen LogP contribution in [0.2, 0.25) is 0 Å². The molecule has 0 aliphatic carbocycles. The van der Waals surface area contributed by atoms with Crippen LogP contribution in [0.15, 0.2) is 23.1 Å². The first-order valence-corrected chi connectivity index (χ1v) is 8.84. The molecule has 1 aliphatic rings. The monoisotopic (exact) mass is 313 g/mol. The van der Waals surface area contributed by atoms with Crippen LogP contribution in [0.4, 0.5) is 0 Å². The number of fused-ring (bicyclic) bond motifs is 1. The normalized spacial score (nSPS) is 19.9. The standard InChI is InChI=1S/C15H23NO4S/c1-3-16-10-6-4-5-7-11-20-14-12-13(19-2)8-9-15(14)21(16,17)18/h8-9,12H,3-7,10-11H2,1-2H3. The van der Waals surface area contributed by atoms with E-state index in [0.717, 1.165) is 25.7 Å². The molecule has 0 fully saturated rings. The fourth-order valence-electron chi connectivity index (χ4n) is 2.45. The first kappa shape index (κ1) is 16.1. The summed E-state index contributed by atoms with van der Waals surface area (Å²) in [4.78, 5) is 0.229. The molecule has 0 N–H and O–H groups in total. The molecule has 0 atom stereocenters. The number of methoxy groups -OCH3 is 1. The predicted octanol–water partition coefficient (Wildman–Crippen LogP) is 2.66. The highest BCUT2D eigenvalue weighted by molar-refractivity contribution is 7.89. The van der Waals surface area contributed by atoms with Crippen molar-refractivity contribution >= 4 is 10.0 Å². The second kappa shape index (κ2) is 7.13. The van der Waals surface area contributed by atoms with Crippen molar-refractivity contribution < 1.29 is 17.9 Å². The number of hydrogen-bond donors (Lipinski definition) is 0. The second-order valence-electron chi connectivity index (χ2n) is 5.07. The lowest BCUT2D eigenvalue weighted by atomic mass is 10.2. The third-order valence-electron chi connectivity index (χ3n) is 3.68. The van der Waals surface area contributed by atoms with Crippen LogP contribution in [-0.4, -0.2) is 39.5 Å². The van der Waals surface area contributed by atoms with Gasteiger partial charge in [0.05, 0.1) is 13.7 Å².